The van der Waals surface area contributed by atoms with Crippen LogP contribution in [-0.4, -0.2) is 0 Å². The molecule has 2 aliphatic rings. The van der Waals surface area contributed by atoms with E-state index in [1.165, 1.54) is 32.1 Å². The Bertz CT molecular complexity index is 224. The highest BCUT2D eigenvalue weighted by molar-refractivity contribution is 5.01. The zero-order valence-corrected chi connectivity index (χ0v) is 11.3. The Morgan fingerprint density at radius 3 is 1.80 bits per heavy atom. The van der Waals surface area contributed by atoms with Gasteiger partial charge in [0.15, 0.2) is 0 Å². The second-order valence-electron chi connectivity index (χ2n) is 7.53. The van der Waals surface area contributed by atoms with Gasteiger partial charge in [-0.2, -0.15) is 0 Å². The molecule has 0 nitrogen and oxygen atoms in total. The van der Waals surface area contributed by atoms with Crippen molar-refractivity contribution in [3.05, 3.63) is 0 Å². The highest BCUT2D eigenvalue weighted by Gasteiger charge is 2.50. The summed E-state index contributed by atoms with van der Waals surface area (Å²) in [5.74, 6) is 2.79. The van der Waals surface area contributed by atoms with Crippen LogP contribution in [0, 0.1) is 28.6 Å². The van der Waals surface area contributed by atoms with Gasteiger partial charge < -0.3 is 0 Å². The maximum absolute atomic E-state index is 2.55. The van der Waals surface area contributed by atoms with Gasteiger partial charge in [0.1, 0.15) is 0 Å². The molecule has 0 N–H and O–H groups in total. The van der Waals surface area contributed by atoms with E-state index in [4.69, 9.17) is 0 Å². The van der Waals surface area contributed by atoms with Crippen LogP contribution < -0.4 is 0 Å². The normalized spacial score (nSPS) is 50.8. The van der Waals surface area contributed by atoms with Gasteiger partial charge in [0.05, 0.1) is 0 Å². The van der Waals surface area contributed by atoms with Gasteiger partial charge in [-0.15, -0.1) is 0 Å². The summed E-state index contributed by atoms with van der Waals surface area (Å²) in [7, 11) is 0. The summed E-state index contributed by atoms with van der Waals surface area (Å²) in [6.07, 6.45) is 7.44. The third kappa shape index (κ3) is 1.97. The average molecular weight is 208 g/mol. The maximum atomic E-state index is 2.55. The van der Waals surface area contributed by atoms with Crippen molar-refractivity contribution in [2.45, 2.75) is 66.7 Å². The molecule has 2 unspecified atom stereocenters. The number of hydrogen-bond acceptors (Lipinski definition) is 0. The first-order chi connectivity index (χ1) is 6.85. The molecule has 0 aromatic rings. The van der Waals surface area contributed by atoms with Gasteiger partial charge >= 0.3 is 0 Å². The van der Waals surface area contributed by atoms with Crippen LogP contribution in [0.2, 0.25) is 0 Å². The largest absolute Gasteiger partial charge is 0.0625 e. The van der Waals surface area contributed by atoms with Gasteiger partial charge in [-0.3, -0.25) is 0 Å². The van der Waals surface area contributed by atoms with Crippen molar-refractivity contribution in [1.29, 1.82) is 0 Å². The molecule has 2 rings (SSSR count). The Morgan fingerprint density at radius 2 is 1.40 bits per heavy atom. The Morgan fingerprint density at radius 1 is 0.933 bits per heavy atom. The van der Waals surface area contributed by atoms with Crippen LogP contribution in [0.15, 0.2) is 0 Å². The van der Waals surface area contributed by atoms with Crippen molar-refractivity contribution >= 4 is 0 Å². The molecule has 2 saturated carbocycles. The molecule has 2 atom stereocenters. The van der Waals surface area contributed by atoms with Crippen LogP contribution in [0.4, 0.5) is 0 Å². The van der Waals surface area contributed by atoms with Crippen LogP contribution in [0.3, 0.4) is 0 Å². The van der Waals surface area contributed by atoms with E-state index in [0.29, 0.717) is 10.8 Å². The monoisotopic (exact) mass is 208 g/mol. The minimum absolute atomic E-state index is 0.666. The van der Waals surface area contributed by atoms with E-state index >= 15 is 0 Å². The number of fused-ring (bicyclic) bond motifs is 2. The molecule has 0 amide bonds. The molecule has 88 valence electrons. The molecule has 0 heteroatoms. The summed E-state index contributed by atoms with van der Waals surface area (Å²) in [5.41, 5.74) is 1.35. The predicted octanol–water partition coefficient (Wildman–Crippen LogP) is 4.89. The van der Waals surface area contributed by atoms with Crippen molar-refractivity contribution in [3.63, 3.8) is 0 Å². The summed E-state index contributed by atoms with van der Waals surface area (Å²) in [5, 5.41) is 0. The predicted molar refractivity (Wildman–Crippen MR) is 66.8 cm³/mol. The van der Waals surface area contributed by atoms with Gasteiger partial charge in [0.25, 0.3) is 0 Å². The zero-order valence-electron chi connectivity index (χ0n) is 11.3. The lowest BCUT2D eigenvalue weighted by atomic mass is 9.48. The third-order valence-corrected chi connectivity index (χ3v) is 5.20. The summed E-state index contributed by atoms with van der Waals surface area (Å²) >= 11 is 0. The molecule has 0 aromatic carbocycles. The lowest BCUT2D eigenvalue weighted by molar-refractivity contribution is -0.0664. The molecule has 0 aromatic heterocycles. The fourth-order valence-electron chi connectivity index (χ4n) is 5.20. The van der Waals surface area contributed by atoms with Crippen molar-refractivity contribution < 1.29 is 0 Å². The van der Waals surface area contributed by atoms with Gasteiger partial charge in [-0.25, -0.2) is 0 Å². The lowest BCUT2D eigenvalue weighted by Gasteiger charge is -2.57. The van der Waals surface area contributed by atoms with Crippen molar-refractivity contribution in [2.24, 2.45) is 28.6 Å². The highest BCUT2D eigenvalue weighted by Crippen LogP contribution is 2.61. The molecule has 0 heterocycles. The summed E-state index contributed by atoms with van der Waals surface area (Å²) in [4.78, 5) is 0. The van der Waals surface area contributed by atoms with Gasteiger partial charge in [-0.05, 0) is 60.7 Å². The van der Waals surface area contributed by atoms with Crippen LogP contribution >= 0.6 is 0 Å². The van der Waals surface area contributed by atoms with Gasteiger partial charge in [0, 0.05) is 0 Å². The molecule has 0 spiro atoms. The Balaban J connectivity index is 2.28. The summed E-state index contributed by atoms with van der Waals surface area (Å²) < 4.78 is 0. The first kappa shape index (κ1) is 11.5. The quantitative estimate of drug-likeness (QED) is 0.576. The molecule has 0 radical (unpaired) electrons. The summed E-state index contributed by atoms with van der Waals surface area (Å²) in [6, 6.07) is 0. The van der Waals surface area contributed by atoms with E-state index in [-0.39, 0.29) is 0 Å². The number of hydrogen-bond donors (Lipinski definition) is 0. The van der Waals surface area contributed by atoms with Gasteiger partial charge in [-0.1, -0.05) is 34.6 Å². The fourth-order valence-corrected chi connectivity index (χ4v) is 5.20. The van der Waals surface area contributed by atoms with Crippen LogP contribution in [-0.2, 0) is 0 Å². The molecule has 2 aliphatic carbocycles. The first-order valence-corrected chi connectivity index (χ1v) is 6.85. The van der Waals surface area contributed by atoms with Gasteiger partial charge in [0.2, 0.25) is 0 Å². The lowest BCUT2D eigenvalue weighted by Crippen LogP contribution is -2.47. The zero-order chi connectivity index (χ0) is 11.3. The van der Waals surface area contributed by atoms with E-state index in [9.17, 15) is 0 Å². The molecule has 0 aliphatic heterocycles. The smallest absolute Gasteiger partial charge is 0.0264 e. The van der Waals surface area contributed by atoms with Crippen molar-refractivity contribution in [1.82, 2.24) is 0 Å². The molecular formula is C15H28. The van der Waals surface area contributed by atoms with Crippen LogP contribution in [0.1, 0.15) is 66.7 Å². The Labute approximate surface area is 95.8 Å². The maximum Gasteiger partial charge on any atom is -0.0264 e. The summed E-state index contributed by atoms with van der Waals surface area (Å²) in [6.45, 7) is 12.4. The minimum atomic E-state index is 0.666. The highest BCUT2D eigenvalue weighted by atomic mass is 14.6. The molecule has 2 fully saturated rings. The third-order valence-electron chi connectivity index (χ3n) is 5.20. The number of rotatable bonds is 1. The molecule has 2 bridgehead atoms. The molecule has 15 heavy (non-hydrogen) atoms. The van der Waals surface area contributed by atoms with Crippen LogP contribution in [0.25, 0.3) is 0 Å². The van der Waals surface area contributed by atoms with E-state index in [1.54, 1.807) is 0 Å². The Kier molecular flexibility index (Phi) is 2.68. The Hall–Kier alpha value is 0. The van der Waals surface area contributed by atoms with E-state index < -0.39 is 0 Å². The minimum Gasteiger partial charge on any atom is -0.0625 e. The SMILES string of the molecule is CC1CC2(C)CC(C)CC(C(C)C)(C1)C2. The van der Waals surface area contributed by atoms with E-state index in [1.807, 2.05) is 0 Å². The van der Waals surface area contributed by atoms with Crippen molar-refractivity contribution in [3.8, 4) is 0 Å². The fraction of sp³-hybridized carbons (Fsp3) is 1.00. The van der Waals surface area contributed by atoms with Crippen LogP contribution in [0.5, 0.6) is 0 Å². The second kappa shape index (κ2) is 3.50. The van der Waals surface area contributed by atoms with E-state index in [2.05, 4.69) is 34.6 Å². The van der Waals surface area contributed by atoms with E-state index in [0.717, 1.165) is 17.8 Å². The standard InChI is InChI=1S/C15H28/c1-11(2)15-8-12(3)6-14(5,10-15)7-13(4)9-15/h11-13H,6-10H2,1-5H3. The second-order valence-corrected chi connectivity index (χ2v) is 7.53. The van der Waals surface area contributed by atoms with Crippen molar-refractivity contribution in [2.75, 3.05) is 0 Å². The topological polar surface area (TPSA) is 0 Å². The molecule has 0 saturated heterocycles. The first-order valence-electron chi connectivity index (χ1n) is 6.85. The average Bonchev–Trinajstić information content (AvgIpc) is 1.97. The molecular weight excluding hydrogens is 180 g/mol.